The molecule has 0 saturated carbocycles. The van der Waals surface area contributed by atoms with Crippen LogP contribution in [0.25, 0.3) is 32.6 Å². The van der Waals surface area contributed by atoms with Crippen LogP contribution in [0.4, 0.5) is 11.4 Å². The van der Waals surface area contributed by atoms with Gasteiger partial charge in [-0.05, 0) is 41.2 Å². The van der Waals surface area contributed by atoms with E-state index in [0.717, 1.165) is 62.3 Å². The average Bonchev–Trinajstić information content (AvgIpc) is 3.25. The summed E-state index contributed by atoms with van der Waals surface area (Å²) < 4.78 is 0. The van der Waals surface area contributed by atoms with Crippen LogP contribution in [0.5, 0.6) is 0 Å². The van der Waals surface area contributed by atoms with E-state index in [-0.39, 0.29) is 5.91 Å². The van der Waals surface area contributed by atoms with Crippen LogP contribution in [0, 0.1) is 0 Å². The quantitative estimate of drug-likeness (QED) is 0.265. The van der Waals surface area contributed by atoms with E-state index in [1.807, 2.05) is 54.6 Å². The number of hydrogen-bond donors (Lipinski definition) is 2. The Balaban J connectivity index is 1.66. The van der Waals surface area contributed by atoms with Crippen LogP contribution >= 0.6 is 11.3 Å². The minimum atomic E-state index is -0.193. The molecule has 0 radical (unpaired) electrons. The number of aryl methyl sites for hydroxylation is 2. The van der Waals surface area contributed by atoms with E-state index in [0.29, 0.717) is 10.6 Å². The predicted molar refractivity (Wildman–Crippen MR) is 148 cm³/mol. The number of anilines is 2. The number of nitrogens with one attached hydrogen (secondary N) is 1. The molecular formula is C30H27N3OS. The highest BCUT2D eigenvalue weighted by atomic mass is 32.1. The molecule has 174 valence electrons. The van der Waals surface area contributed by atoms with Crippen LogP contribution in [0.2, 0.25) is 0 Å². The average molecular weight is 478 g/mol. The molecule has 35 heavy (non-hydrogen) atoms. The van der Waals surface area contributed by atoms with Crippen LogP contribution in [-0.4, -0.2) is 10.9 Å². The first-order valence-electron chi connectivity index (χ1n) is 11.9. The Hall–Kier alpha value is -3.96. The second-order valence-electron chi connectivity index (χ2n) is 8.42. The molecule has 0 saturated heterocycles. The molecule has 0 aliphatic carbocycles. The van der Waals surface area contributed by atoms with Gasteiger partial charge in [0.25, 0.3) is 5.91 Å². The van der Waals surface area contributed by atoms with Gasteiger partial charge < -0.3 is 11.1 Å². The number of nitrogens with two attached hydrogens (primary N) is 1. The number of pyridine rings is 1. The minimum Gasteiger partial charge on any atom is -0.397 e. The van der Waals surface area contributed by atoms with E-state index < -0.39 is 0 Å². The van der Waals surface area contributed by atoms with Gasteiger partial charge in [-0.25, -0.2) is 4.98 Å². The van der Waals surface area contributed by atoms with Crippen molar-refractivity contribution in [1.29, 1.82) is 0 Å². The van der Waals surface area contributed by atoms with Crippen LogP contribution in [0.1, 0.15) is 34.6 Å². The molecule has 0 bridgehead atoms. The standard InChI is InChI=1S/C30H27N3OS/c1-3-19-16-11-17-20(4-2)27(19)33-29(34)28-26(31)25-23(21-12-7-5-8-13-21)18-24(32-30(25)35-28)22-14-9-6-10-15-22/h5-18H,3-4,31H2,1-2H3,(H,33,34). The third-order valence-corrected chi connectivity index (χ3v) is 7.40. The molecule has 0 aliphatic heterocycles. The molecule has 2 heterocycles. The number of hydrogen-bond acceptors (Lipinski definition) is 4. The first-order chi connectivity index (χ1) is 17.1. The van der Waals surface area contributed by atoms with Crippen molar-refractivity contribution >= 4 is 38.8 Å². The molecule has 5 rings (SSSR count). The molecular weight excluding hydrogens is 450 g/mol. The van der Waals surface area contributed by atoms with Crippen molar-refractivity contribution in [3.8, 4) is 22.4 Å². The van der Waals surface area contributed by atoms with Crippen molar-refractivity contribution in [3.63, 3.8) is 0 Å². The number of nitrogen functional groups attached to an aromatic ring is 1. The summed E-state index contributed by atoms with van der Waals surface area (Å²) in [4.78, 5) is 19.7. The zero-order valence-electron chi connectivity index (χ0n) is 19.8. The number of fused-ring (bicyclic) bond motifs is 1. The summed E-state index contributed by atoms with van der Waals surface area (Å²) in [5, 5.41) is 3.99. The zero-order valence-corrected chi connectivity index (χ0v) is 20.7. The third kappa shape index (κ3) is 4.31. The van der Waals surface area contributed by atoms with E-state index in [1.165, 1.54) is 11.3 Å². The number of nitrogens with zero attached hydrogens (tertiary/aromatic N) is 1. The topological polar surface area (TPSA) is 68.0 Å². The van der Waals surface area contributed by atoms with E-state index in [9.17, 15) is 4.79 Å². The summed E-state index contributed by atoms with van der Waals surface area (Å²) in [7, 11) is 0. The molecule has 0 spiro atoms. The third-order valence-electron chi connectivity index (χ3n) is 6.30. The normalized spacial score (nSPS) is 11.0. The molecule has 0 unspecified atom stereocenters. The molecule has 5 heteroatoms. The molecule has 0 aliphatic rings. The van der Waals surface area contributed by atoms with Gasteiger partial charge in [-0.3, -0.25) is 4.79 Å². The first-order valence-corrected chi connectivity index (χ1v) is 12.7. The van der Waals surface area contributed by atoms with Crippen molar-refractivity contribution in [2.45, 2.75) is 26.7 Å². The van der Waals surface area contributed by atoms with E-state index in [4.69, 9.17) is 10.7 Å². The molecule has 0 atom stereocenters. The second kappa shape index (κ2) is 9.72. The van der Waals surface area contributed by atoms with E-state index in [2.05, 4.69) is 49.5 Å². The molecule has 0 fully saturated rings. The molecule has 4 nitrogen and oxygen atoms in total. The summed E-state index contributed by atoms with van der Waals surface area (Å²) in [6.07, 6.45) is 1.68. The maximum absolute atomic E-state index is 13.5. The van der Waals surface area contributed by atoms with Gasteiger partial charge in [0.1, 0.15) is 9.71 Å². The Bertz CT molecular complexity index is 1490. The highest BCUT2D eigenvalue weighted by Gasteiger charge is 2.22. The number of para-hydroxylation sites is 1. The molecule has 1 amide bonds. The maximum Gasteiger partial charge on any atom is 0.267 e. The lowest BCUT2D eigenvalue weighted by molar-refractivity contribution is 0.103. The molecule has 2 aromatic heterocycles. The van der Waals surface area contributed by atoms with Crippen LogP contribution < -0.4 is 11.1 Å². The smallest absolute Gasteiger partial charge is 0.267 e. The lowest BCUT2D eigenvalue weighted by Crippen LogP contribution is -2.15. The van der Waals surface area contributed by atoms with Crippen LogP contribution in [0.15, 0.2) is 84.9 Å². The van der Waals surface area contributed by atoms with Crippen molar-refractivity contribution in [3.05, 3.63) is 101 Å². The van der Waals surface area contributed by atoms with Crippen LogP contribution in [0.3, 0.4) is 0 Å². The Morgan fingerprint density at radius 2 is 1.46 bits per heavy atom. The largest absolute Gasteiger partial charge is 0.397 e. The molecule has 3 aromatic carbocycles. The van der Waals surface area contributed by atoms with Gasteiger partial charge in [0.2, 0.25) is 0 Å². The summed E-state index contributed by atoms with van der Waals surface area (Å²) >= 11 is 1.35. The second-order valence-corrected chi connectivity index (χ2v) is 9.42. The molecule has 3 N–H and O–H groups in total. The number of carbonyl (C=O) groups excluding carboxylic acids is 1. The van der Waals surface area contributed by atoms with Gasteiger partial charge in [-0.1, -0.05) is 92.7 Å². The van der Waals surface area contributed by atoms with Crippen molar-refractivity contribution in [2.24, 2.45) is 0 Å². The first kappa shape index (κ1) is 22.8. The summed E-state index contributed by atoms with van der Waals surface area (Å²) in [6.45, 7) is 4.19. The van der Waals surface area contributed by atoms with Gasteiger partial charge in [0.05, 0.1) is 11.4 Å². The van der Waals surface area contributed by atoms with Crippen molar-refractivity contribution < 1.29 is 4.79 Å². The number of carbonyl (C=O) groups is 1. The van der Waals surface area contributed by atoms with Crippen LogP contribution in [-0.2, 0) is 12.8 Å². The lowest BCUT2D eigenvalue weighted by Gasteiger charge is -2.14. The number of thiophene rings is 1. The Morgan fingerprint density at radius 3 is 2.06 bits per heavy atom. The Morgan fingerprint density at radius 1 is 0.857 bits per heavy atom. The number of amides is 1. The zero-order chi connectivity index (χ0) is 24.4. The summed E-state index contributed by atoms with van der Waals surface area (Å²) in [5.41, 5.74) is 14.2. The number of aromatic nitrogens is 1. The van der Waals surface area contributed by atoms with Gasteiger partial charge in [0.15, 0.2) is 0 Å². The Kier molecular flexibility index (Phi) is 6.34. The monoisotopic (exact) mass is 477 g/mol. The minimum absolute atomic E-state index is 0.193. The molecule has 5 aromatic rings. The highest BCUT2D eigenvalue weighted by Crippen LogP contribution is 2.41. The van der Waals surface area contributed by atoms with Gasteiger partial charge in [-0.2, -0.15) is 0 Å². The lowest BCUT2D eigenvalue weighted by atomic mass is 9.99. The fourth-order valence-corrected chi connectivity index (χ4v) is 5.48. The Labute approximate surface area is 209 Å². The fourth-order valence-electron chi connectivity index (χ4n) is 4.47. The maximum atomic E-state index is 13.5. The van der Waals surface area contributed by atoms with E-state index in [1.54, 1.807) is 0 Å². The number of benzene rings is 3. The highest BCUT2D eigenvalue weighted by molar-refractivity contribution is 7.21. The fraction of sp³-hybridized carbons (Fsp3) is 0.133. The van der Waals surface area contributed by atoms with Crippen molar-refractivity contribution in [2.75, 3.05) is 11.1 Å². The van der Waals surface area contributed by atoms with Gasteiger partial charge in [-0.15, -0.1) is 11.3 Å². The van der Waals surface area contributed by atoms with E-state index >= 15 is 0 Å². The predicted octanol–water partition coefficient (Wildman–Crippen LogP) is 7.59. The summed E-state index contributed by atoms with van der Waals surface area (Å²) in [5.74, 6) is -0.193. The van der Waals surface area contributed by atoms with Gasteiger partial charge >= 0.3 is 0 Å². The number of rotatable bonds is 6. The van der Waals surface area contributed by atoms with Crippen molar-refractivity contribution in [1.82, 2.24) is 4.98 Å². The summed E-state index contributed by atoms with van der Waals surface area (Å²) in [6, 6.07) is 28.4. The van der Waals surface area contributed by atoms with Gasteiger partial charge in [0, 0.05) is 16.6 Å². The SMILES string of the molecule is CCc1cccc(CC)c1NC(=O)c1sc2nc(-c3ccccc3)cc(-c3ccccc3)c2c1N.